The van der Waals surface area contributed by atoms with E-state index in [1.165, 1.54) is 0 Å². The molecular weight excluding hydrogens is 328 g/mol. The van der Waals surface area contributed by atoms with E-state index < -0.39 is 38.5 Å². The monoisotopic (exact) mass is 340 g/mol. The number of rotatable bonds is 3. The summed E-state index contributed by atoms with van der Waals surface area (Å²) in [4.78, 5) is 9.95. The molecule has 1 fully saturated rings. The van der Waals surface area contributed by atoms with Crippen LogP contribution in [0.5, 0.6) is 0 Å². The van der Waals surface area contributed by atoms with E-state index in [2.05, 4.69) is 10.0 Å². The SMILES string of the molecule is O=C1CC[C@@H](NS(=O)(=O)c2ccc(F)cc2C(F)(F)F)CN1. The Morgan fingerprint density at radius 1 is 1.27 bits per heavy atom. The van der Waals surface area contributed by atoms with Gasteiger partial charge in [-0.3, -0.25) is 4.79 Å². The van der Waals surface area contributed by atoms with Gasteiger partial charge in [0.15, 0.2) is 0 Å². The Hall–Kier alpha value is -1.68. The van der Waals surface area contributed by atoms with Crippen molar-refractivity contribution >= 4 is 15.9 Å². The number of amides is 1. The van der Waals surface area contributed by atoms with Crippen LogP contribution in [0.4, 0.5) is 17.6 Å². The fourth-order valence-electron chi connectivity index (χ4n) is 2.07. The predicted molar refractivity (Wildman–Crippen MR) is 67.8 cm³/mol. The van der Waals surface area contributed by atoms with Crippen molar-refractivity contribution in [2.24, 2.45) is 0 Å². The zero-order valence-electron chi connectivity index (χ0n) is 11.1. The third-order valence-electron chi connectivity index (χ3n) is 3.12. The molecule has 0 saturated carbocycles. The predicted octanol–water partition coefficient (Wildman–Crippen LogP) is 1.40. The summed E-state index contributed by atoms with van der Waals surface area (Å²) in [6.45, 7) is -0.0133. The van der Waals surface area contributed by atoms with E-state index in [4.69, 9.17) is 0 Å². The summed E-state index contributed by atoms with van der Waals surface area (Å²) in [6.07, 6.45) is -4.76. The Morgan fingerprint density at radius 2 is 1.95 bits per heavy atom. The van der Waals surface area contributed by atoms with E-state index in [9.17, 15) is 30.8 Å². The molecule has 1 amide bonds. The number of hydrogen-bond donors (Lipinski definition) is 2. The Morgan fingerprint density at radius 3 is 2.50 bits per heavy atom. The number of sulfonamides is 1. The average Bonchev–Trinajstić information content (AvgIpc) is 2.40. The molecule has 1 aliphatic rings. The third kappa shape index (κ3) is 3.74. The summed E-state index contributed by atoms with van der Waals surface area (Å²) in [7, 11) is -4.50. The van der Waals surface area contributed by atoms with Crippen molar-refractivity contribution in [2.75, 3.05) is 6.54 Å². The minimum atomic E-state index is -5.01. The molecule has 1 saturated heterocycles. The molecule has 1 atom stereocenters. The van der Waals surface area contributed by atoms with Gasteiger partial charge in [0.2, 0.25) is 15.9 Å². The molecule has 0 radical (unpaired) electrons. The van der Waals surface area contributed by atoms with Crippen LogP contribution in [-0.4, -0.2) is 26.9 Å². The zero-order chi connectivity index (χ0) is 16.5. The molecule has 1 heterocycles. The van der Waals surface area contributed by atoms with Gasteiger partial charge in [-0.2, -0.15) is 13.2 Å². The van der Waals surface area contributed by atoms with Crippen LogP contribution in [-0.2, 0) is 21.0 Å². The first-order valence-corrected chi connectivity index (χ1v) is 7.74. The van der Waals surface area contributed by atoms with Gasteiger partial charge in [-0.1, -0.05) is 0 Å². The first-order valence-electron chi connectivity index (χ1n) is 6.25. The van der Waals surface area contributed by atoms with Gasteiger partial charge in [0.05, 0.1) is 10.5 Å². The molecule has 2 N–H and O–H groups in total. The van der Waals surface area contributed by atoms with Crippen LogP contribution in [0.1, 0.15) is 18.4 Å². The number of benzene rings is 1. The Balaban J connectivity index is 2.32. The van der Waals surface area contributed by atoms with E-state index in [1.54, 1.807) is 0 Å². The molecule has 0 aromatic heterocycles. The smallest absolute Gasteiger partial charge is 0.355 e. The maximum Gasteiger partial charge on any atom is 0.417 e. The number of nitrogens with one attached hydrogen (secondary N) is 2. The summed E-state index contributed by atoms with van der Waals surface area (Å²) < 4.78 is 78.0. The van der Waals surface area contributed by atoms with E-state index in [1.807, 2.05) is 0 Å². The molecule has 0 spiro atoms. The van der Waals surface area contributed by atoms with Gasteiger partial charge in [0.1, 0.15) is 5.82 Å². The van der Waals surface area contributed by atoms with Crippen LogP contribution in [0.25, 0.3) is 0 Å². The van der Waals surface area contributed by atoms with Crippen molar-refractivity contribution in [2.45, 2.75) is 30.0 Å². The van der Waals surface area contributed by atoms with Crippen molar-refractivity contribution in [3.05, 3.63) is 29.6 Å². The molecule has 1 aromatic rings. The number of carbonyl (C=O) groups is 1. The van der Waals surface area contributed by atoms with Gasteiger partial charge in [0, 0.05) is 19.0 Å². The minimum Gasteiger partial charge on any atom is -0.355 e. The number of alkyl halides is 3. The van der Waals surface area contributed by atoms with Crippen molar-refractivity contribution in [3.63, 3.8) is 0 Å². The van der Waals surface area contributed by atoms with Crippen molar-refractivity contribution in [1.82, 2.24) is 10.0 Å². The second-order valence-corrected chi connectivity index (χ2v) is 6.48. The number of carbonyl (C=O) groups excluding carboxylic acids is 1. The molecule has 1 aromatic carbocycles. The maximum atomic E-state index is 13.0. The van der Waals surface area contributed by atoms with Gasteiger partial charge in [-0.15, -0.1) is 0 Å². The largest absolute Gasteiger partial charge is 0.417 e. The Bertz CT molecular complexity index is 678. The lowest BCUT2D eigenvalue weighted by molar-refractivity contribution is -0.140. The fraction of sp³-hybridized carbons (Fsp3) is 0.417. The van der Waals surface area contributed by atoms with Crippen LogP contribution >= 0.6 is 0 Å². The molecule has 5 nitrogen and oxygen atoms in total. The van der Waals surface area contributed by atoms with Crippen molar-refractivity contribution in [1.29, 1.82) is 0 Å². The fourth-order valence-corrected chi connectivity index (χ4v) is 3.55. The molecule has 0 bridgehead atoms. The highest BCUT2D eigenvalue weighted by Crippen LogP contribution is 2.34. The van der Waals surface area contributed by atoms with Gasteiger partial charge >= 0.3 is 6.18 Å². The van der Waals surface area contributed by atoms with Crippen LogP contribution in [0.3, 0.4) is 0 Å². The Labute approximate surface area is 123 Å². The van der Waals surface area contributed by atoms with E-state index in [0.29, 0.717) is 12.1 Å². The zero-order valence-corrected chi connectivity index (χ0v) is 11.9. The van der Waals surface area contributed by atoms with E-state index >= 15 is 0 Å². The maximum absolute atomic E-state index is 13.0. The summed E-state index contributed by atoms with van der Waals surface area (Å²) in [6, 6.07) is 0.639. The normalized spacial score (nSPS) is 19.8. The molecule has 22 heavy (non-hydrogen) atoms. The van der Waals surface area contributed by atoms with Crippen molar-refractivity contribution in [3.8, 4) is 0 Å². The summed E-state index contributed by atoms with van der Waals surface area (Å²) in [5.41, 5.74) is -1.57. The van der Waals surface area contributed by atoms with Crippen LogP contribution in [0.2, 0.25) is 0 Å². The minimum absolute atomic E-state index is 0.0133. The van der Waals surface area contributed by atoms with Gasteiger partial charge in [0.25, 0.3) is 0 Å². The quantitative estimate of drug-likeness (QED) is 0.817. The standard InChI is InChI=1S/C12H12F4N2O3S/c13-7-1-3-10(9(5-7)12(14,15)16)22(20,21)18-8-2-4-11(19)17-6-8/h1,3,5,8,18H,2,4,6H2,(H,17,19)/t8-/m1/s1. The molecule has 0 aliphatic carbocycles. The highest BCUT2D eigenvalue weighted by Gasteiger charge is 2.38. The number of piperidine rings is 1. The molecule has 1 aliphatic heterocycles. The van der Waals surface area contributed by atoms with Gasteiger partial charge in [-0.25, -0.2) is 17.5 Å². The molecule has 2 rings (SSSR count). The summed E-state index contributed by atoms with van der Waals surface area (Å²) >= 11 is 0. The van der Waals surface area contributed by atoms with Gasteiger partial charge in [-0.05, 0) is 24.6 Å². The second kappa shape index (κ2) is 5.84. The average molecular weight is 340 g/mol. The lowest BCUT2D eigenvalue weighted by atomic mass is 10.1. The lowest BCUT2D eigenvalue weighted by Crippen LogP contribution is -2.47. The first-order chi connectivity index (χ1) is 10.1. The number of hydrogen-bond acceptors (Lipinski definition) is 3. The van der Waals surface area contributed by atoms with E-state index in [-0.39, 0.29) is 31.4 Å². The Kier molecular flexibility index (Phi) is 4.43. The van der Waals surface area contributed by atoms with Crippen LogP contribution in [0.15, 0.2) is 23.1 Å². The van der Waals surface area contributed by atoms with Crippen LogP contribution in [0, 0.1) is 5.82 Å². The number of halogens is 4. The highest BCUT2D eigenvalue weighted by atomic mass is 32.2. The van der Waals surface area contributed by atoms with Crippen molar-refractivity contribution < 1.29 is 30.8 Å². The lowest BCUT2D eigenvalue weighted by Gasteiger charge is -2.24. The molecular formula is C12H12F4N2O3S. The highest BCUT2D eigenvalue weighted by molar-refractivity contribution is 7.89. The van der Waals surface area contributed by atoms with Gasteiger partial charge < -0.3 is 5.32 Å². The summed E-state index contributed by atoms with van der Waals surface area (Å²) in [5, 5.41) is 2.41. The summed E-state index contributed by atoms with van der Waals surface area (Å²) in [5.74, 6) is -1.44. The molecule has 122 valence electrons. The third-order valence-corrected chi connectivity index (χ3v) is 4.70. The topological polar surface area (TPSA) is 75.3 Å². The van der Waals surface area contributed by atoms with Crippen LogP contribution < -0.4 is 10.0 Å². The molecule has 10 heteroatoms. The second-order valence-electron chi connectivity index (χ2n) is 4.80. The molecule has 0 unspecified atom stereocenters. The first kappa shape index (κ1) is 16.7. The van der Waals surface area contributed by atoms with E-state index in [0.717, 1.165) is 0 Å².